The molecule has 0 unspecified atom stereocenters. The molecule has 0 spiro atoms. The van der Waals surface area contributed by atoms with Gasteiger partial charge in [-0.05, 0) is 18.9 Å². The molecule has 0 bridgehead atoms. The molecule has 6 heteroatoms. The first-order valence-corrected chi connectivity index (χ1v) is 5.79. The summed E-state index contributed by atoms with van der Waals surface area (Å²) in [7, 11) is 1.70. The van der Waals surface area contributed by atoms with E-state index in [1.54, 1.807) is 17.9 Å². The molecule has 1 aromatic carbocycles. The van der Waals surface area contributed by atoms with E-state index in [2.05, 4.69) is 10.3 Å². The number of nitrogens with zero attached hydrogens (tertiary/aromatic N) is 3. The largest absolute Gasteiger partial charge is 0.381 e. The summed E-state index contributed by atoms with van der Waals surface area (Å²) in [4.78, 5) is 0. The molecule has 0 radical (unpaired) electrons. The fraction of sp³-hybridized carbons (Fsp3) is 0.455. The molecular formula is C11H11ClFN3O. The second-order valence-electron chi connectivity index (χ2n) is 4.27. The van der Waals surface area contributed by atoms with Crippen molar-refractivity contribution >= 4 is 22.6 Å². The summed E-state index contributed by atoms with van der Waals surface area (Å²) in [5.41, 5.74) is 1.31. The Labute approximate surface area is 102 Å². The number of rotatable bonds is 2. The number of ether oxygens (including phenoxy) is 1. The SMILES string of the molecule is COC1CC(n2nnc3cc(F)c(Cl)cc32)C1. The van der Waals surface area contributed by atoms with Gasteiger partial charge in [-0.15, -0.1) is 5.10 Å². The molecule has 1 aliphatic rings. The Morgan fingerprint density at radius 3 is 2.94 bits per heavy atom. The molecule has 4 nitrogen and oxygen atoms in total. The number of hydrogen-bond acceptors (Lipinski definition) is 3. The predicted octanol–water partition coefficient (Wildman–Crippen LogP) is 2.57. The van der Waals surface area contributed by atoms with Crippen molar-refractivity contribution in [2.24, 2.45) is 0 Å². The van der Waals surface area contributed by atoms with Crippen molar-refractivity contribution in [1.29, 1.82) is 0 Å². The Bertz CT molecular complexity index is 565. The van der Waals surface area contributed by atoms with E-state index in [-0.39, 0.29) is 17.2 Å². The van der Waals surface area contributed by atoms with Gasteiger partial charge in [0.1, 0.15) is 11.3 Å². The van der Waals surface area contributed by atoms with Gasteiger partial charge in [0.05, 0.1) is 22.7 Å². The Balaban J connectivity index is 1.98. The van der Waals surface area contributed by atoms with Crippen LogP contribution in [-0.4, -0.2) is 28.2 Å². The summed E-state index contributed by atoms with van der Waals surface area (Å²) in [5.74, 6) is -0.463. The fourth-order valence-electron chi connectivity index (χ4n) is 2.13. The first-order chi connectivity index (χ1) is 8.19. The van der Waals surface area contributed by atoms with Gasteiger partial charge in [-0.2, -0.15) is 0 Å². The van der Waals surface area contributed by atoms with Crippen LogP contribution in [0.4, 0.5) is 4.39 Å². The smallest absolute Gasteiger partial charge is 0.144 e. The maximum Gasteiger partial charge on any atom is 0.144 e. The van der Waals surface area contributed by atoms with Gasteiger partial charge in [0, 0.05) is 13.2 Å². The zero-order valence-corrected chi connectivity index (χ0v) is 9.99. The molecule has 1 aromatic heterocycles. The van der Waals surface area contributed by atoms with Gasteiger partial charge in [-0.25, -0.2) is 9.07 Å². The lowest BCUT2D eigenvalue weighted by Crippen LogP contribution is -2.33. The van der Waals surface area contributed by atoms with Crippen LogP contribution in [0.2, 0.25) is 5.02 Å². The quantitative estimate of drug-likeness (QED) is 0.828. The summed E-state index contributed by atoms with van der Waals surface area (Å²) >= 11 is 5.77. The van der Waals surface area contributed by atoms with E-state index in [4.69, 9.17) is 16.3 Å². The molecule has 0 amide bonds. The van der Waals surface area contributed by atoms with E-state index in [0.29, 0.717) is 5.52 Å². The fourth-order valence-corrected chi connectivity index (χ4v) is 2.29. The third-order valence-corrected chi connectivity index (χ3v) is 3.55. The van der Waals surface area contributed by atoms with Crippen molar-refractivity contribution in [3.8, 4) is 0 Å². The van der Waals surface area contributed by atoms with Crippen molar-refractivity contribution in [2.75, 3.05) is 7.11 Å². The Morgan fingerprint density at radius 2 is 2.24 bits per heavy atom. The summed E-state index contributed by atoms with van der Waals surface area (Å²) in [5, 5.41) is 8.10. The average molecular weight is 256 g/mol. The summed E-state index contributed by atoms with van der Waals surface area (Å²) in [6.45, 7) is 0. The second kappa shape index (κ2) is 3.92. The molecule has 1 heterocycles. The Kier molecular flexibility index (Phi) is 2.52. The minimum atomic E-state index is -0.463. The molecule has 90 valence electrons. The van der Waals surface area contributed by atoms with Gasteiger partial charge in [-0.1, -0.05) is 16.8 Å². The summed E-state index contributed by atoms with van der Waals surface area (Å²) in [6, 6.07) is 3.16. The minimum Gasteiger partial charge on any atom is -0.381 e. The van der Waals surface area contributed by atoms with Crippen molar-refractivity contribution in [1.82, 2.24) is 15.0 Å². The maximum absolute atomic E-state index is 13.2. The lowest BCUT2D eigenvalue weighted by molar-refractivity contribution is 0.00332. The topological polar surface area (TPSA) is 39.9 Å². The van der Waals surface area contributed by atoms with Crippen LogP contribution in [0.25, 0.3) is 11.0 Å². The van der Waals surface area contributed by atoms with Gasteiger partial charge in [-0.3, -0.25) is 0 Å². The van der Waals surface area contributed by atoms with Crippen molar-refractivity contribution < 1.29 is 9.13 Å². The van der Waals surface area contributed by atoms with Crippen LogP contribution in [-0.2, 0) is 4.74 Å². The highest BCUT2D eigenvalue weighted by Gasteiger charge is 2.32. The maximum atomic E-state index is 13.2. The molecule has 3 rings (SSSR count). The highest BCUT2D eigenvalue weighted by Crippen LogP contribution is 2.35. The van der Waals surface area contributed by atoms with Crippen LogP contribution in [0, 0.1) is 5.82 Å². The zero-order chi connectivity index (χ0) is 12.0. The van der Waals surface area contributed by atoms with Crippen molar-refractivity contribution in [3.63, 3.8) is 0 Å². The third kappa shape index (κ3) is 1.70. The van der Waals surface area contributed by atoms with Crippen LogP contribution < -0.4 is 0 Å². The number of halogens is 2. The normalized spacial score (nSPS) is 23.9. The lowest BCUT2D eigenvalue weighted by atomic mass is 9.89. The first-order valence-electron chi connectivity index (χ1n) is 5.42. The van der Waals surface area contributed by atoms with E-state index in [1.165, 1.54) is 6.07 Å². The van der Waals surface area contributed by atoms with Gasteiger partial charge < -0.3 is 4.74 Å². The lowest BCUT2D eigenvalue weighted by Gasteiger charge is -2.34. The average Bonchev–Trinajstić information content (AvgIpc) is 2.61. The number of hydrogen-bond donors (Lipinski definition) is 0. The highest BCUT2D eigenvalue weighted by atomic mass is 35.5. The third-order valence-electron chi connectivity index (χ3n) is 3.26. The van der Waals surface area contributed by atoms with E-state index in [9.17, 15) is 4.39 Å². The molecule has 0 atom stereocenters. The number of methoxy groups -OCH3 is 1. The van der Waals surface area contributed by atoms with E-state index in [0.717, 1.165) is 18.4 Å². The second-order valence-corrected chi connectivity index (χ2v) is 4.68. The van der Waals surface area contributed by atoms with Crippen LogP contribution in [0.5, 0.6) is 0 Å². The van der Waals surface area contributed by atoms with Crippen LogP contribution >= 0.6 is 11.6 Å². The van der Waals surface area contributed by atoms with Crippen LogP contribution in [0.3, 0.4) is 0 Å². The zero-order valence-electron chi connectivity index (χ0n) is 9.23. The van der Waals surface area contributed by atoms with E-state index < -0.39 is 5.82 Å². The number of benzene rings is 1. The monoisotopic (exact) mass is 255 g/mol. The molecule has 0 saturated heterocycles. The van der Waals surface area contributed by atoms with Crippen molar-refractivity contribution in [2.45, 2.75) is 25.0 Å². The molecule has 0 N–H and O–H groups in total. The molecule has 1 fully saturated rings. The van der Waals surface area contributed by atoms with Gasteiger partial charge >= 0.3 is 0 Å². The van der Waals surface area contributed by atoms with Crippen LogP contribution in [0.1, 0.15) is 18.9 Å². The van der Waals surface area contributed by atoms with Gasteiger partial charge in [0.2, 0.25) is 0 Å². The van der Waals surface area contributed by atoms with Gasteiger partial charge in [0.15, 0.2) is 0 Å². The molecule has 1 aliphatic carbocycles. The van der Waals surface area contributed by atoms with E-state index >= 15 is 0 Å². The van der Waals surface area contributed by atoms with Crippen molar-refractivity contribution in [3.05, 3.63) is 23.0 Å². The predicted molar refractivity (Wildman–Crippen MR) is 61.6 cm³/mol. The molecule has 0 aliphatic heterocycles. The summed E-state index contributed by atoms with van der Waals surface area (Å²) < 4.78 is 20.3. The molecular weight excluding hydrogens is 245 g/mol. The standard InChI is InChI=1S/C11H11ClFN3O/c1-17-7-2-6(3-7)16-11-4-8(12)9(13)5-10(11)14-15-16/h4-7H,2-3H2,1H3. The number of fused-ring (bicyclic) bond motifs is 1. The minimum absolute atomic E-state index is 0.101. The molecule has 2 aromatic rings. The Morgan fingerprint density at radius 1 is 1.47 bits per heavy atom. The number of aromatic nitrogens is 3. The van der Waals surface area contributed by atoms with Gasteiger partial charge in [0.25, 0.3) is 0 Å². The first kappa shape index (κ1) is 10.9. The summed E-state index contributed by atoms with van der Waals surface area (Å²) in [6.07, 6.45) is 2.10. The molecule has 17 heavy (non-hydrogen) atoms. The highest BCUT2D eigenvalue weighted by molar-refractivity contribution is 6.31. The Hall–Kier alpha value is -1.20. The van der Waals surface area contributed by atoms with Crippen LogP contribution in [0.15, 0.2) is 12.1 Å². The molecule has 1 saturated carbocycles. The van der Waals surface area contributed by atoms with E-state index in [1.807, 2.05) is 0 Å².